The minimum atomic E-state index is 0.267. The summed E-state index contributed by atoms with van der Waals surface area (Å²) in [6.07, 6.45) is 13.1. The van der Waals surface area contributed by atoms with Crippen LogP contribution in [0.1, 0.15) is 50.2 Å². The minimum Gasteiger partial charge on any atom is -0.366 e. The second-order valence-corrected chi connectivity index (χ2v) is 5.56. The van der Waals surface area contributed by atoms with E-state index in [0.717, 1.165) is 12.3 Å². The number of hydrogen-bond acceptors (Lipinski definition) is 1. The highest BCUT2D eigenvalue weighted by Gasteiger charge is 2.27. The monoisotopic (exact) mass is 242 g/mol. The summed E-state index contributed by atoms with van der Waals surface area (Å²) in [4.78, 5) is 0. The molecule has 2 aliphatic rings. The molecule has 1 saturated carbocycles. The topological polar surface area (TPSA) is 9.23 Å². The Hall–Kier alpha value is -1.08. The molecule has 1 aromatic carbocycles. The predicted molar refractivity (Wildman–Crippen MR) is 74.4 cm³/mol. The van der Waals surface area contributed by atoms with Crippen molar-refractivity contribution in [2.24, 2.45) is 5.92 Å². The van der Waals surface area contributed by atoms with Crippen molar-refractivity contribution < 1.29 is 4.74 Å². The summed E-state index contributed by atoms with van der Waals surface area (Å²) in [6.45, 7) is 0. The molecular formula is C17H22O. The second-order valence-electron chi connectivity index (χ2n) is 5.56. The van der Waals surface area contributed by atoms with Crippen molar-refractivity contribution >= 4 is 0 Å². The first-order valence-electron chi connectivity index (χ1n) is 7.30. The van der Waals surface area contributed by atoms with Crippen LogP contribution in [0.3, 0.4) is 0 Å². The van der Waals surface area contributed by atoms with Gasteiger partial charge in [0.2, 0.25) is 0 Å². The summed E-state index contributed by atoms with van der Waals surface area (Å²) in [6, 6.07) is 10.6. The van der Waals surface area contributed by atoms with Gasteiger partial charge in [-0.2, -0.15) is 0 Å². The maximum Gasteiger partial charge on any atom is 0.0867 e. The van der Waals surface area contributed by atoms with Crippen molar-refractivity contribution in [1.29, 1.82) is 0 Å². The lowest BCUT2D eigenvalue weighted by Crippen LogP contribution is -2.28. The normalized spacial score (nSPS) is 29.3. The lowest BCUT2D eigenvalue weighted by Gasteiger charge is -2.34. The third-order valence-corrected chi connectivity index (χ3v) is 4.28. The van der Waals surface area contributed by atoms with E-state index in [-0.39, 0.29) is 6.10 Å². The van der Waals surface area contributed by atoms with Crippen LogP contribution in [0.15, 0.2) is 42.5 Å². The maximum absolute atomic E-state index is 6.33. The van der Waals surface area contributed by atoms with Crippen molar-refractivity contribution in [3.63, 3.8) is 0 Å². The molecule has 1 aliphatic carbocycles. The van der Waals surface area contributed by atoms with Crippen molar-refractivity contribution in [3.05, 3.63) is 48.0 Å². The van der Waals surface area contributed by atoms with Gasteiger partial charge in [0.25, 0.3) is 0 Å². The summed E-state index contributed by atoms with van der Waals surface area (Å²) in [5, 5.41) is 0. The van der Waals surface area contributed by atoms with Gasteiger partial charge < -0.3 is 4.74 Å². The highest BCUT2D eigenvalue weighted by molar-refractivity contribution is 5.19. The largest absolute Gasteiger partial charge is 0.366 e. The predicted octanol–water partition coefficient (Wildman–Crippen LogP) is 4.65. The van der Waals surface area contributed by atoms with E-state index in [9.17, 15) is 0 Å². The van der Waals surface area contributed by atoms with Gasteiger partial charge in [-0.15, -0.1) is 0 Å². The molecule has 1 aromatic rings. The number of ether oxygens (including phenoxy) is 1. The van der Waals surface area contributed by atoms with E-state index in [0.29, 0.717) is 6.10 Å². The second kappa shape index (κ2) is 5.71. The van der Waals surface area contributed by atoms with Crippen molar-refractivity contribution in [1.82, 2.24) is 0 Å². The van der Waals surface area contributed by atoms with Crippen LogP contribution in [-0.2, 0) is 4.74 Å². The molecule has 0 amide bonds. The van der Waals surface area contributed by atoms with E-state index in [2.05, 4.69) is 42.5 Å². The SMILES string of the molecule is C1=CC(C2CCCCC2)O[C@@H](c2ccccc2)C1. The maximum atomic E-state index is 6.33. The van der Waals surface area contributed by atoms with Crippen LogP contribution in [-0.4, -0.2) is 6.10 Å². The van der Waals surface area contributed by atoms with Crippen LogP contribution in [0.4, 0.5) is 0 Å². The first kappa shape index (κ1) is 12.0. The summed E-state index contributed by atoms with van der Waals surface area (Å²) in [5.74, 6) is 0.751. The fourth-order valence-electron chi connectivity index (χ4n) is 3.24. The Bertz CT molecular complexity index is 389. The van der Waals surface area contributed by atoms with E-state index < -0.39 is 0 Å². The summed E-state index contributed by atoms with van der Waals surface area (Å²) in [5.41, 5.74) is 1.32. The van der Waals surface area contributed by atoms with E-state index in [1.165, 1.54) is 37.7 Å². The van der Waals surface area contributed by atoms with Gasteiger partial charge in [-0.05, 0) is 30.7 Å². The van der Waals surface area contributed by atoms with E-state index >= 15 is 0 Å². The van der Waals surface area contributed by atoms with Gasteiger partial charge in [-0.3, -0.25) is 0 Å². The molecule has 0 bridgehead atoms. The number of benzene rings is 1. The van der Waals surface area contributed by atoms with E-state index in [1.807, 2.05) is 0 Å². The molecule has 1 heteroatoms. The fourth-order valence-corrected chi connectivity index (χ4v) is 3.24. The number of rotatable bonds is 2. The van der Waals surface area contributed by atoms with Gasteiger partial charge in [0.15, 0.2) is 0 Å². The first-order valence-corrected chi connectivity index (χ1v) is 7.30. The molecule has 0 N–H and O–H groups in total. The highest BCUT2D eigenvalue weighted by Crippen LogP contribution is 2.35. The lowest BCUT2D eigenvalue weighted by atomic mass is 9.84. The minimum absolute atomic E-state index is 0.267. The van der Waals surface area contributed by atoms with Gasteiger partial charge in [0.05, 0.1) is 12.2 Å². The molecule has 96 valence electrons. The number of hydrogen-bond donors (Lipinski definition) is 0. The van der Waals surface area contributed by atoms with Crippen molar-refractivity contribution in [2.75, 3.05) is 0 Å². The highest BCUT2D eigenvalue weighted by atomic mass is 16.5. The zero-order valence-corrected chi connectivity index (χ0v) is 10.9. The molecule has 2 atom stereocenters. The molecule has 0 radical (unpaired) electrons. The molecule has 1 fully saturated rings. The smallest absolute Gasteiger partial charge is 0.0867 e. The third-order valence-electron chi connectivity index (χ3n) is 4.28. The molecule has 1 nitrogen and oxygen atoms in total. The Balaban J connectivity index is 1.68. The van der Waals surface area contributed by atoms with E-state index in [1.54, 1.807) is 0 Å². The standard InChI is InChI=1S/C17H22O/c1-3-8-14(9-4-1)16-12-7-13-17(18-16)15-10-5-2-6-11-15/h1,3-4,7-9,13,15-17H,2,5-6,10-12H2/t16-,17?/m1/s1. The van der Waals surface area contributed by atoms with Crippen LogP contribution in [0.25, 0.3) is 0 Å². The summed E-state index contributed by atoms with van der Waals surface area (Å²) < 4.78 is 6.33. The van der Waals surface area contributed by atoms with Crippen molar-refractivity contribution in [3.8, 4) is 0 Å². The lowest BCUT2D eigenvalue weighted by molar-refractivity contribution is -0.0327. The Kier molecular flexibility index (Phi) is 3.80. The molecule has 18 heavy (non-hydrogen) atoms. The van der Waals surface area contributed by atoms with E-state index in [4.69, 9.17) is 4.74 Å². The van der Waals surface area contributed by atoms with Gasteiger partial charge in [-0.1, -0.05) is 61.7 Å². The van der Waals surface area contributed by atoms with Gasteiger partial charge in [0.1, 0.15) is 0 Å². The molecule has 1 unspecified atom stereocenters. The third kappa shape index (κ3) is 2.67. The average Bonchev–Trinajstić information content (AvgIpc) is 2.49. The molecule has 3 rings (SSSR count). The first-order chi connectivity index (χ1) is 8.93. The molecule has 1 aliphatic heterocycles. The average molecular weight is 242 g/mol. The Morgan fingerprint density at radius 3 is 2.50 bits per heavy atom. The van der Waals surface area contributed by atoms with Crippen LogP contribution in [0.5, 0.6) is 0 Å². The molecule has 0 spiro atoms. The van der Waals surface area contributed by atoms with Crippen LogP contribution in [0, 0.1) is 5.92 Å². The van der Waals surface area contributed by atoms with Crippen molar-refractivity contribution in [2.45, 2.75) is 50.7 Å². The quantitative estimate of drug-likeness (QED) is 0.686. The molecule has 0 saturated heterocycles. The van der Waals surface area contributed by atoms with Crippen LogP contribution in [0.2, 0.25) is 0 Å². The zero-order chi connectivity index (χ0) is 12.2. The van der Waals surface area contributed by atoms with Gasteiger partial charge in [-0.25, -0.2) is 0 Å². The van der Waals surface area contributed by atoms with Gasteiger partial charge in [0, 0.05) is 0 Å². The fraction of sp³-hybridized carbons (Fsp3) is 0.529. The summed E-state index contributed by atoms with van der Waals surface area (Å²) >= 11 is 0. The molecular weight excluding hydrogens is 220 g/mol. The Morgan fingerprint density at radius 1 is 0.944 bits per heavy atom. The Morgan fingerprint density at radius 2 is 1.72 bits per heavy atom. The Labute approximate surface area is 110 Å². The van der Waals surface area contributed by atoms with Crippen LogP contribution >= 0.6 is 0 Å². The summed E-state index contributed by atoms with van der Waals surface area (Å²) in [7, 11) is 0. The van der Waals surface area contributed by atoms with Crippen LogP contribution < -0.4 is 0 Å². The zero-order valence-electron chi connectivity index (χ0n) is 10.9. The molecule has 0 aromatic heterocycles. The molecule has 1 heterocycles. The van der Waals surface area contributed by atoms with Gasteiger partial charge >= 0.3 is 0 Å².